The van der Waals surface area contributed by atoms with Gasteiger partial charge in [0.15, 0.2) is 12.4 Å². The van der Waals surface area contributed by atoms with Crippen molar-refractivity contribution in [1.29, 1.82) is 0 Å². The average molecular weight is 367 g/mol. The minimum atomic E-state index is -0.108. The molecule has 2 aromatic carbocycles. The number of amides is 1. The molecule has 0 aromatic heterocycles. The Balaban J connectivity index is 1.94. The minimum Gasteiger partial charge on any atom is -0.497 e. The molecule has 2 aromatic rings. The zero-order chi connectivity index (χ0) is 19.6. The second-order valence-corrected chi connectivity index (χ2v) is 5.85. The van der Waals surface area contributed by atoms with Gasteiger partial charge in [-0.05, 0) is 61.9 Å². The predicted molar refractivity (Wildman–Crippen MR) is 106 cm³/mol. The Morgan fingerprint density at radius 3 is 2.33 bits per heavy atom. The van der Waals surface area contributed by atoms with Gasteiger partial charge in [-0.1, -0.05) is 18.2 Å². The molecular weight excluding hydrogens is 342 g/mol. The van der Waals surface area contributed by atoms with E-state index in [0.717, 1.165) is 11.3 Å². The maximum atomic E-state index is 12.3. The van der Waals surface area contributed by atoms with Gasteiger partial charge in [-0.3, -0.25) is 9.59 Å². The van der Waals surface area contributed by atoms with E-state index in [-0.39, 0.29) is 18.3 Å². The monoisotopic (exact) mass is 367 g/mol. The van der Waals surface area contributed by atoms with Gasteiger partial charge in [-0.25, -0.2) is 0 Å². The highest BCUT2D eigenvalue weighted by atomic mass is 16.5. The molecular formula is C22H25NO4. The van der Waals surface area contributed by atoms with Gasteiger partial charge in [0.2, 0.25) is 0 Å². The minimum absolute atomic E-state index is 0.00921. The highest BCUT2D eigenvalue weighted by Crippen LogP contribution is 2.16. The number of ketones is 1. The normalized spacial score (nSPS) is 10.6. The summed E-state index contributed by atoms with van der Waals surface area (Å²) in [6.45, 7) is 5.17. The van der Waals surface area contributed by atoms with Crippen molar-refractivity contribution in [3.8, 4) is 11.5 Å². The fourth-order valence-electron chi connectivity index (χ4n) is 2.54. The van der Waals surface area contributed by atoms with Crippen molar-refractivity contribution in [2.45, 2.75) is 13.8 Å². The van der Waals surface area contributed by atoms with Crippen LogP contribution >= 0.6 is 0 Å². The van der Waals surface area contributed by atoms with E-state index in [1.807, 2.05) is 38.1 Å². The van der Waals surface area contributed by atoms with Gasteiger partial charge in [0.1, 0.15) is 11.5 Å². The van der Waals surface area contributed by atoms with Crippen LogP contribution in [0.25, 0.3) is 6.08 Å². The van der Waals surface area contributed by atoms with Crippen molar-refractivity contribution in [2.75, 3.05) is 26.8 Å². The number of carbonyl (C=O) groups excluding carboxylic acids is 2. The number of methoxy groups -OCH3 is 1. The van der Waals surface area contributed by atoms with Gasteiger partial charge in [0.05, 0.1) is 7.11 Å². The molecule has 0 unspecified atom stereocenters. The first-order valence-electron chi connectivity index (χ1n) is 8.94. The van der Waals surface area contributed by atoms with Crippen LogP contribution < -0.4 is 9.47 Å². The number of hydrogen-bond acceptors (Lipinski definition) is 4. The Bertz CT molecular complexity index is 792. The van der Waals surface area contributed by atoms with Crippen LogP contribution in [0.2, 0.25) is 0 Å². The van der Waals surface area contributed by atoms with Crippen LogP contribution in [0, 0.1) is 0 Å². The van der Waals surface area contributed by atoms with Crippen LogP contribution in [0.5, 0.6) is 11.5 Å². The van der Waals surface area contributed by atoms with Crippen molar-refractivity contribution in [3.05, 3.63) is 65.7 Å². The molecule has 0 N–H and O–H groups in total. The molecule has 142 valence electrons. The van der Waals surface area contributed by atoms with Crippen LogP contribution in [0.4, 0.5) is 0 Å². The summed E-state index contributed by atoms with van der Waals surface area (Å²) in [6, 6.07) is 14.2. The van der Waals surface area contributed by atoms with Gasteiger partial charge in [-0.2, -0.15) is 0 Å². The molecule has 0 bridgehead atoms. The molecule has 0 heterocycles. The van der Waals surface area contributed by atoms with Crippen molar-refractivity contribution in [2.24, 2.45) is 0 Å². The van der Waals surface area contributed by atoms with Crippen LogP contribution in [-0.2, 0) is 4.79 Å². The molecule has 0 aliphatic heterocycles. The molecule has 0 atom stereocenters. The summed E-state index contributed by atoms with van der Waals surface area (Å²) in [5, 5.41) is 0. The predicted octanol–water partition coefficient (Wildman–Crippen LogP) is 3.84. The Hall–Kier alpha value is -3.08. The van der Waals surface area contributed by atoms with Gasteiger partial charge in [0, 0.05) is 18.7 Å². The topological polar surface area (TPSA) is 55.8 Å². The fourth-order valence-corrected chi connectivity index (χ4v) is 2.54. The lowest BCUT2D eigenvalue weighted by molar-refractivity contribution is -0.132. The molecule has 1 amide bonds. The highest BCUT2D eigenvalue weighted by Gasteiger charge is 2.10. The first kappa shape index (κ1) is 20.2. The van der Waals surface area contributed by atoms with E-state index < -0.39 is 0 Å². The first-order chi connectivity index (χ1) is 13.1. The average Bonchev–Trinajstić information content (AvgIpc) is 2.72. The zero-order valence-electron chi connectivity index (χ0n) is 16.0. The molecule has 0 fully saturated rings. The zero-order valence-corrected chi connectivity index (χ0v) is 16.0. The van der Waals surface area contributed by atoms with Crippen LogP contribution in [-0.4, -0.2) is 43.4 Å². The maximum absolute atomic E-state index is 12.3. The van der Waals surface area contributed by atoms with Crippen molar-refractivity contribution in [3.63, 3.8) is 0 Å². The maximum Gasteiger partial charge on any atom is 0.260 e. The molecule has 0 radical (unpaired) electrons. The molecule has 2 rings (SSSR count). The number of ether oxygens (including phenoxy) is 2. The first-order valence-corrected chi connectivity index (χ1v) is 8.94. The Morgan fingerprint density at radius 1 is 1.00 bits per heavy atom. The molecule has 0 saturated heterocycles. The number of likely N-dealkylation sites (N-methyl/N-ethyl adjacent to an activating group) is 1. The third-order valence-electron chi connectivity index (χ3n) is 4.14. The summed E-state index contributed by atoms with van der Waals surface area (Å²) < 4.78 is 10.7. The molecule has 5 nitrogen and oxygen atoms in total. The van der Waals surface area contributed by atoms with E-state index in [4.69, 9.17) is 9.47 Å². The standard InChI is InChI=1S/C22H25NO4/c1-4-23(5-2)22(25)16-27-19-12-10-18(11-13-19)21(24)14-9-17-7-6-8-20(15-17)26-3/h6-15H,4-5,16H2,1-3H3/b14-9+. The van der Waals surface area contributed by atoms with Crippen LogP contribution in [0.3, 0.4) is 0 Å². The quantitative estimate of drug-likeness (QED) is 0.499. The van der Waals surface area contributed by atoms with Gasteiger partial charge < -0.3 is 14.4 Å². The summed E-state index contributed by atoms with van der Waals surface area (Å²) in [5.74, 6) is 1.14. The Labute approximate surface area is 160 Å². The Kier molecular flexibility index (Phi) is 7.62. The summed E-state index contributed by atoms with van der Waals surface area (Å²) in [7, 11) is 1.60. The van der Waals surface area contributed by atoms with E-state index >= 15 is 0 Å². The molecule has 0 aliphatic carbocycles. The van der Waals surface area contributed by atoms with E-state index in [1.165, 1.54) is 6.08 Å². The lowest BCUT2D eigenvalue weighted by Crippen LogP contribution is -2.34. The number of hydrogen-bond donors (Lipinski definition) is 0. The summed E-state index contributed by atoms with van der Waals surface area (Å²) >= 11 is 0. The molecule has 0 spiro atoms. The van der Waals surface area contributed by atoms with E-state index in [1.54, 1.807) is 42.4 Å². The van der Waals surface area contributed by atoms with Gasteiger partial charge >= 0.3 is 0 Å². The second kappa shape index (κ2) is 10.2. The smallest absolute Gasteiger partial charge is 0.260 e. The summed E-state index contributed by atoms with van der Waals surface area (Å²) in [4.78, 5) is 26.0. The van der Waals surface area contributed by atoms with Crippen molar-refractivity contribution in [1.82, 2.24) is 4.90 Å². The summed E-state index contributed by atoms with van der Waals surface area (Å²) in [5.41, 5.74) is 1.44. The van der Waals surface area contributed by atoms with E-state index in [0.29, 0.717) is 24.4 Å². The van der Waals surface area contributed by atoms with Crippen molar-refractivity contribution < 1.29 is 19.1 Å². The third-order valence-corrected chi connectivity index (χ3v) is 4.14. The van der Waals surface area contributed by atoms with Gasteiger partial charge in [-0.15, -0.1) is 0 Å². The number of rotatable bonds is 9. The Morgan fingerprint density at radius 2 is 1.70 bits per heavy atom. The van der Waals surface area contributed by atoms with Gasteiger partial charge in [0.25, 0.3) is 5.91 Å². The third kappa shape index (κ3) is 5.99. The molecule has 0 saturated carbocycles. The van der Waals surface area contributed by atoms with E-state index in [9.17, 15) is 9.59 Å². The highest BCUT2D eigenvalue weighted by molar-refractivity contribution is 6.06. The SMILES string of the molecule is CCN(CC)C(=O)COc1ccc(C(=O)/C=C/c2cccc(OC)c2)cc1. The van der Waals surface area contributed by atoms with Crippen LogP contribution in [0.1, 0.15) is 29.8 Å². The summed E-state index contributed by atoms with van der Waals surface area (Å²) in [6.07, 6.45) is 3.27. The van der Waals surface area contributed by atoms with Crippen molar-refractivity contribution >= 4 is 17.8 Å². The lowest BCUT2D eigenvalue weighted by Gasteiger charge is -2.18. The van der Waals surface area contributed by atoms with E-state index in [2.05, 4.69) is 0 Å². The molecule has 5 heteroatoms. The number of allylic oxidation sites excluding steroid dienone is 1. The number of benzene rings is 2. The number of carbonyl (C=O) groups is 2. The largest absolute Gasteiger partial charge is 0.497 e. The number of nitrogens with zero attached hydrogens (tertiary/aromatic N) is 1. The lowest BCUT2D eigenvalue weighted by atomic mass is 10.1. The second-order valence-electron chi connectivity index (χ2n) is 5.85. The molecule has 27 heavy (non-hydrogen) atoms. The molecule has 0 aliphatic rings. The fraction of sp³-hybridized carbons (Fsp3) is 0.273. The van der Waals surface area contributed by atoms with Crippen LogP contribution in [0.15, 0.2) is 54.6 Å².